The summed E-state index contributed by atoms with van der Waals surface area (Å²) in [5, 5.41) is 3.61. The summed E-state index contributed by atoms with van der Waals surface area (Å²) < 4.78 is 5.13. The summed E-state index contributed by atoms with van der Waals surface area (Å²) in [6.07, 6.45) is 5.47. The van der Waals surface area contributed by atoms with Gasteiger partial charge in [-0.1, -0.05) is 26.7 Å². The van der Waals surface area contributed by atoms with Crippen molar-refractivity contribution >= 4 is 0 Å². The van der Waals surface area contributed by atoms with Crippen LogP contribution in [0.15, 0.2) is 0 Å². The molecule has 0 saturated heterocycles. The predicted molar refractivity (Wildman–Crippen MR) is 60.5 cm³/mol. The van der Waals surface area contributed by atoms with Gasteiger partial charge in [0.1, 0.15) is 0 Å². The zero-order chi connectivity index (χ0) is 10.4. The lowest BCUT2D eigenvalue weighted by molar-refractivity contribution is 0.168. The summed E-state index contributed by atoms with van der Waals surface area (Å²) in [6.45, 7) is 6.53. The van der Waals surface area contributed by atoms with E-state index < -0.39 is 0 Å². The summed E-state index contributed by atoms with van der Waals surface area (Å²) in [5.41, 5.74) is 0. The van der Waals surface area contributed by atoms with Crippen LogP contribution in [0.2, 0.25) is 0 Å². The third-order valence-electron chi connectivity index (χ3n) is 3.21. The summed E-state index contributed by atoms with van der Waals surface area (Å²) in [7, 11) is 1.79. The van der Waals surface area contributed by atoms with E-state index in [0.717, 1.165) is 25.0 Å². The molecule has 0 bridgehead atoms. The minimum atomic E-state index is 0.711. The highest BCUT2D eigenvalue weighted by Crippen LogP contribution is 2.35. The third kappa shape index (κ3) is 4.43. The van der Waals surface area contributed by atoms with E-state index >= 15 is 0 Å². The smallest absolute Gasteiger partial charge is 0.0465 e. The van der Waals surface area contributed by atoms with Gasteiger partial charge in [0.2, 0.25) is 0 Å². The lowest BCUT2D eigenvalue weighted by Crippen LogP contribution is -2.35. The number of rotatable bonds is 8. The molecule has 14 heavy (non-hydrogen) atoms. The molecule has 1 aliphatic carbocycles. The molecule has 0 aliphatic heterocycles. The first-order valence-corrected chi connectivity index (χ1v) is 6.00. The molecule has 2 unspecified atom stereocenters. The minimum absolute atomic E-state index is 0.711. The molecule has 0 heterocycles. The zero-order valence-corrected chi connectivity index (χ0v) is 9.88. The van der Waals surface area contributed by atoms with Gasteiger partial charge in [-0.05, 0) is 31.2 Å². The normalized spacial score (nSPS) is 20.8. The number of hydrogen-bond donors (Lipinski definition) is 1. The zero-order valence-electron chi connectivity index (χ0n) is 9.88. The largest absolute Gasteiger partial charge is 0.385 e. The second kappa shape index (κ2) is 6.41. The maximum atomic E-state index is 5.13. The molecular weight excluding hydrogens is 174 g/mol. The maximum absolute atomic E-state index is 5.13. The fourth-order valence-electron chi connectivity index (χ4n) is 2.00. The second-order valence-corrected chi connectivity index (χ2v) is 4.60. The Morgan fingerprint density at radius 2 is 2.14 bits per heavy atom. The van der Waals surface area contributed by atoms with Gasteiger partial charge in [0.05, 0.1) is 0 Å². The number of methoxy groups -OCH3 is 1. The summed E-state index contributed by atoms with van der Waals surface area (Å²) in [5.74, 6) is 1.76. The van der Waals surface area contributed by atoms with E-state index in [-0.39, 0.29) is 0 Å². The molecule has 1 rings (SSSR count). The van der Waals surface area contributed by atoms with E-state index in [1.54, 1.807) is 7.11 Å². The predicted octanol–water partition coefficient (Wildman–Crippen LogP) is 2.44. The number of hydrogen-bond acceptors (Lipinski definition) is 2. The first kappa shape index (κ1) is 12.0. The molecule has 2 atom stereocenters. The molecule has 84 valence electrons. The molecule has 1 aliphatic rings. The fourth-order valence-corrected chi connectivity index (χ4v) is 2.00. The van der Waals surface area contributed by atoms with Crippen LogP contribution < -0.4 is 5.32 Å². The van der Waals surface area contributed by atoms with E-state index in [2.05, 4.69) is 19.2 Å². The summed E-state index contributed by atoms with van der Waals surface area (Å²) in [6, 6.07) is 0.711. The van der Waals surface area contributed by atoms with Crippen LogP contribution in [0.5, 0.6) is 0 Å². The SMILES string of the molecule is CCNC(CC1CC1)C(C)CCOC. The van der Waals surface area contributed by atoms with Crippen molar-refractivity contribution < 1.29 is 4.74 Å². The Morgan fingerprint density at radius 3 is 2.64 bits per heavy atom. The molecule has 0 aromatic carbocycles. The van der Waals surface area contributed by atoms with E-state index in [9.17, 15) is 0 Å². The molecule has 0 amide bonds. The van der Waals surface area contributed by atoms with Crippen molar-refractivity contribution in [3.05, 3.63) is 0 Å². The van der Waals surface area contributed by atoms with Crippen LogP contribution in [-0.4, -0.2) is 26.3 Å². The van der Waals surface area contributed by atoms with Crippen molar-refractivity contribution in [1.82, 2.24) is 5.32 Å². The molecule has 2 heteroatoms. The van der Waals surface area contributed by atoms with Gasteiger partial charge in [-0.15, -0.1) is 0 Å². The van der Waals surface area contributed by atoms with Gasteiger partial charge in [0.25, 0.3) is 0 Å². The molecule has 0 aromatic rings. The van der Waals surface area contributed by atoms with Crippen LogP contribution in [0, 0.1) is 11.8 Å². The summed E-state index contributed by atoms with van der Waals surface area (Å²) >= 11 is 0. The van der Waals surface area contributed by atoms with E-state index in [1.165, 1.54) is 25.7 Å². The Bertz CT molecular complexity index is 145. The Hall–Kier alpha value is -0.0800. The molecule has 1 saturated carbocycles. The van der Waals surface area contributed by atoms with Gasteiger partial charge in [0, 0.05) is 19.8 Å². The molecule has 0 spiro atoms. The second-order valence-electron chi connectivity index (χ2n) is 4.60. The van der Waals surface area contributed by atoms with Crippen LogP contribution in [0.1, 0.15) is 39.5 Å². The van der Waals surface area contributed by atoms with E-state index in [0.29, 0.717) is 6.04 Å². The molecular formula is C12H25NO. The van der Waals surface area contributed by atoms with Crippen LogP contribution in [-0.2, 0) is 4.74 Å². The molecule has 2 nitrogen and oxygen atoms in total. The van der Waals surface area contributed by atoms with Crippen molar-refractivity contribution in [2.75, 3.05) is 20.3 Å². The van der Waals surface area contributed by atoms with Crippen molar-refractivity contribution in [1.29, 1.82) is 0 Å². The van der Waals surface area contributed by atoms with Gasteiger partial charge in [-0.3, -0.25) is 0 Å². The first-order valence-electron chi connectivity index (χ1n) is 6.00. The molecule has 1 fully saturated rings. The molecule has 1 N–H and O–H groups in total. The Balaban J connectivity index is 2.22. The van der Waals surface area contributed by atoms with Gasteiger partial charge in [-0.25, -0.2) is 0 Å². The van der Waals surface area contributed by atoms with Gasteiger partial charge < -0.3 is 10.1 Å². The van der Waals surface area contributed by atoms with Crippen molar-refractivity contribution in [3.8, 4) is 0 Å². The highest BCUT2D eigenvalue weighted by atomic mass is 16.5. The van der Waals surface area contributed by atoms with Crippen molar-refractivity contribution in [2.24, 2.45) is 11.8 Å². The van der Waals surface area contributed by atoms with E-state index in [4.69, 9.17) is 4.74 Å². The maximum Gasteiger partial charge on any atom is 0.0465 e. The number of ether oxygens (including phenoxy) is 1. The fraction of sp³-hybridized carbons (Fsp3) is 1.00. The van der Waals surface area contributed by atoms with Crippen molar-refractivity contribution in [3.63, 3.8) is 0 Å². The topological polar surface area (TPSA) is 21.3 Å². The Labute approximate surface area is 88.4 Å². The first-order chi connectivity index (χ1) is 6.77. The highest BCUT2D eigenvalue weighted by molar-refractivity contribution is 4.82. The van der Waals surface area contributed by atoms with Crippen LogP contribution >= 0.6 is 0 Å². The summed E-state index contributed by atoms with van der Waals surface area (Å²) in [4.78, 5) is 0. The minimum Gasteiger partial charge on any atom is -0.385 e. The average molecular weight is 199 g/mol. The van der Waals surface area contributed by atoms with Gasteiger partial charge >= 0.3 is 0 Å². The van der Waals surface area contributed by atoms with Crippen LogP contribution in [0.25, 0.3) is 0 Å². The van der Waals surface area contributed by atoms with Crippen molar-refractivity contribution in [2.45, 2.75) is 45.6 Å². The van der Waals surface area contributed by atoms with E-state index in [1.807, 2.05) is 0 Å². The van der Waals surface area contributed by atoms with Crippen LogP contribution in [0.3, 0.4) is 0 Å². The third-order valence-corrected chi connectivity index (χ3v) is 3.21. The molecule has 0 aromatic heterocycles. The van der Waals surface area contributed by atoms with Gasteiger partial charge in [-0.2, -0.15) is 0 Å². The number of nitrogens with one attached hydrogen (secondary N) is 1. The van der Waals surface area contributed by atoms with Crippen LogP contribution in [0.4, 0.5) is 0 Å². The molecule has 0 radical (unpaired) electrons. The highest BCUT2D eigenvalue weighted by Gasteiger charge is 2.27. The quantitative estimate of drug-likeness (QED) is 0.648. The standard InChI is InChI=1S/C12H25NO/c1-4-13-12(9-11-5-6-11)10(2)7-8-14-3/h10-13H,4-9H2,1-3H3. The lowest BCUT2D eigenvalue weighted by atomic mass is 9.94. The monoisotopic (exact) mass is 199 g/mol. The van der Waals surface area contributed by atoms with Gasteiger partial charge in [0.15, 0.2) is 0 Å². The Kier molecular flexibility index (Phi) is 5.49. The Morgan fingerprint density at radius 1 is 1.43 bits per heavy atom. The lowest BCUT2D eigenvalue weighted by Gasteiger charge is -2.24. The average Bonchev–Trinajstić information content (AvgIpc) is 2.97.